The van der Waals surface area contributed by atoms with Crippen molar-refractivity contribution in [1.82, 2.24) is 4.90 Å². The lowest BCUT2D eigenvalue weighted by atomic mass is 10.1. The predicted octanol–water partition coefficient (Wildman–Crippen LogP) is 4.12. The molecule has 0 unspecified atom stereocenters. The van der Waals surface area contributed by atoms with E-state index in [-0.39, 0.29) is 5.91 Å². The van der Waals surface area contributed by atoms with Crippen LogP contribution in [0.15, 0.2) is 41.3 Å². The average molecular weight is 396 g/mol. The highest BCUT2D eigenvalue weighted by atomic mass is 35.5. The molecule has 2 aromatic rings. The largest absolute Gasteiger partial charge is 0.493 e. The van der Waals surface area contributed by atoms with E-state index in [1.807, 2.05) is 30.3 Å². The molecule has 0 aliphatic heterocycles. The van der Waals surface area contributed by atoms with E-state index in [2.05, 4.69) is 0 Å². The topological polar surface area (TPSA) is 48.0 Å². The van der Waals surface area contributed by atoms with Crippen LogP contribution in [0.25, 0.3) is 0 Å². The molecule has 2 rings (SSSR count). The van der Waals surface area contributed by atoms with Gasteiger partial charge in [-0.05, 0) is 36.4 Å². The number of carbonyl (C=O) groups is 1. The van der Waals surface area contributed by atoms with E-state index in [9.17, 15) is 4.79 Å². The van der Waals surface area contributed by atoms with Crippen LogP contribution >= 0.6 is 23.4 Å². The van der Waals surface area contributed by atoms with Crippen LogP contribution in [-0.4, -0.2) is 44.9 Å². The quantitative estimate of drug-likeness (QED) is 0.629. The third-order valence-electron chi connectivity index (χ3n) is 3.79. The Morgan fingerprint density at radius 3 is 2.23 bits per heavy atom. The van der Waals surface area contributed by atoms with Gasteiger partial charge in [0.2, 0.25) is 11.7 Å². The predicted molar refractivity (Wildman–Crippen MR) is 105 cm³/mol. The summed E-state index contributed by atoms with van der Waals surface area (Å²) in [5.74, 6) is 2.02. The SMILES string of the molecule is COc1ccc(CN(C)C(=O)CSc2ccc(Cl)cc2)c(OC)c1OC. The first kappa shape index (κ1) is 20.3. The highest BCUT2D eigenvalue weighted by Gasteiger charge is 2.18. The number of methoxy groups -OCH3 is 3. The second-order valence-electron chi connectivity index (χ2n) is 5.49. The summed E-state index contributed by atoms with van der Waals surface area (Å²) in [6.07, 6.45) is 0. The molecule has 140 valence electrons. The molecule has 1 amide bonds. The van der Waals surface area contributed by atoms with Gasteiger partial charge >= 0.3 is 0 Å². The van der Waals surface area contributed by atoms with Crippen LogP contribution in [0.3, 0.4) is 0 Å². The number of rotatable bonds is 8. The summed E-state index contributed by atoms with van der Waals surface area (Å²) in [6, 6.07) is 11.1. The Labute approximate surface area is 163 Å². The molecule has 0 aliphatic carbocycles. The fourth-order valence-electron chi connectivity index (χ4n) is 2.42. The van der Waals surface area contributed by atoms with Gasteiger partial charge in [-0.1, -0.05) is 11.6 Å². The third kappa shape index (κ3) is 4.99. The van der Waals surface area contributed by atoms with Crippen molar-refractivity contribution in [2.75, 3.05) is 34.1 Å². The van der Waals surface area contributed by atoms with E-state index >= 15 is 0 Å². The average Bonchev–Trinajstić information content (AvgIpc) is 2.66. The highest BCUT2D eigenvalue weighted by molar-refractivity contribution is 8.00. The van der Waals surface area contributed by atoms with Gasteiger partial charge in [-0.15, -0.1) is 11.8 Å². The molecule has 7 heteroatoms. The zero-order valence-corrected chi connectivity index (χ0v) is 16.8. The first-order valence-corrected chi connectivity index (χ1v) is 9.26. The summed E-state index contributed by atoms with van der Waals surface area (Å²) in [6.45, 7) is 0.406. The fourth-order valence-corrected chi connectivity index (χ4v) is 3.38. The van der Waals surface area contributed by atoms with Gasteiger partial charge in [0.1, 0.15) is 0 Å². The molecule has 0 atom stereocenters. The third-order valence-corrected chi connectivity index (χ3v) is 5.04. The normalized spacial score (nSPS) is 10.3. The lowest BCUT2D eigenvalue weighted by Gasteiger charge is -2.21. The van der Waals surface area contributed by atoms with Gasteiger partial charge in [0.05, 0.1) is 27.1 Å². The zero-order chi connectivity index (χ0) is 19.1. The number of hydrogen-bond acceptors (Lipinski definition) is 5. The van der Waals surface area contributed by atoms with Crippen molar-refractivity contribution < 1.29 is 19.0 Å². The second kappa shape index (κ2) is 9.59. The van der Waals surface area contributed by atoms with Gasteiger partial charge in [0, 0.05) is 29.1 Å². The molecule has 0 saturated heterocycles. The number of nitrogens with zero attached hydrogens (tertiary/aromatic N) is 1. The molecule has 5 nitrogen and oxygen atoms in total. The van der Waals surface area contributed by atoms with Crippen LogP contribution in [0, 0.1) is 0 Å². The molecule has 0 heterocycles. The molecule has 0 bridgehead atoms. The maximum absolute atomic E-state index is 12.4. The van der Waals surface area contributed by atoms with Crippen molar-refractivity contribution in [3.8, 4) is 17.2 Å². The van der Waals surface area contributed by atoms with Crippen molar-refractivity contribution in [2.24, 2.45) is 0 Å². The van der Waals surface area contributed by atoms with Crippen LogP contribution in [0.5, 0.6) is 17.2 Å². The van der Waals surface area contributed by atoms with Gasteiger partial charge in [-0.3, -0.25) is 4.79 Å². The molecule has 26 heavy (non-hydrogen) atoms. The minimum atomic E-state index is 0.0155. The van der Waals surface area contributed by atoms with E-state index in [1.165, 1.54) is 11.8 Å². The molecule has 2 aromatic carbocycles. The van der Waals surface area contributed by atoms with Crippen molar-refractivity contribution in [2.45, 2.75) is 11.4 Å². The van der Waals surface area contributed by atoms with E-state index in [1.54, 1.807) is 39.3 Å². The minimum Gasteiger partial charge on any atom is -0.493 e. The summed E-state index contributed by atoms with van der Waals surface area (Å²) in [4.78, 5) is 15.1. The number of thioether (sulfide) groups is 1. The first-order chi connectivity index (χ1) is 12.5. The molecule has 0 spiro atoms. The van der Waals surface area contributed by atoms with Crippen LogP contribution in [0.2, 0.25) is 5.02 Å². The smallest absolute Gasteiger partial charge is 0.232 e. The molecule has 0 N–H and O–H groups in total. The van der Waals surface area contributed by atoms with Crippen LogP contribution < -0.4 is 14.2 Å². The zero-order valence-electron chi connectivity index (χ0n) is 15.2. The van der Waals surface area contributed by atoms with Crippen molar-refractivity contribution in [3.63, 3.8) is 0 Å². The van der Waals surface area contributed by atoms with Gasteiger partial charge in [0.25, 0.3) is 0 Å². The van der Waals surface area contributed by atoms with Crippen LogP contribution in [-0.2, 0) is 11.3 Å². The van der Waals surface area contributed by atoms with Crippen LogP contribution in [0.1, 0.15) is 5.56 Å². The summed E-state index contributed by atoms with van der Waals surface area (Å²) in [5, 5.41) is 0.679. The Hall–Kier alpha value is -2.05. The van der Waals surface area contributed by atoms with Crippen molar-refractivity contribution in [3.05, 3.63) is 47.0 Å². The molecule has 0 aliphatic rings. The van der Waals surface area contributed by atoms with Crippen molar-refractivity contribution in [1.29, 1.82) is 0 Å². The van der Waals surface area contributed by atoms with Gasteiger partial charge in [-0.2, -0.15) is 0 Å². The monoisotopic (exact) mass is 395 g/mol. The Balaban J connectivity index is 2.05. The van der Waals surface area contributed by atoms with Crippen LogP contribution in [0.4, 0.5) is 0 Å². The van der Waals surface area contributed by atoms with Gasteiger partial charge < -0.3 is 19.1 Å². The molecular formula is C19H22ClNO4S. The van der Waals surface area contributed by atoms with E-state index in [0.717, 1.165) is 10.5 Å². The number of halogens is 1. The molecule has 0 aromatic heterocycles. The Kier molecular flexibility index (Phi) is 7.48. The molecular weight excluding hydrogens is 374 g/mol. The summed E-state index contributed by atoms with van der Waals surface area (Å²) >= 11 is 7.35. The standard InChI is InChI=1S/C19H22ClNO4S/c1-21(17(22)12-26-15-8-6-14(20)7-9-15)11-13-5-10-16(23-2)19(25-4)18(13)24-3/h5-10H,11-12H2,1-4H3. The molecule has 0 saturated carbocycles. The Morgan fingerprint density at radius 1 is 1.00 bits per heavy atom. The van der Waals surface area contributed by atoms with Crippen molar-refractivity contribution >= 4 is 29.3 Å². The number of carbonyl (C=O) groups excluding carboxylic acids is 1. The lowest BCUT2D eigenvalue weighted by Crippen LogP contribution is -2.28. The lowest BCUT2D eigenvalue weighted by molar-refractivity contribution is -0.127. The fraction of sp³-hybridized carbons (Fsp3) is 0.316. The summed E-state index contributed by atoms with van der Waals surface area (Å²) < 4.78 is 16.1. The Bertz CT molecular complexity index is 752. The second-order valence-corrected chi connectivity index (χ2v) is 6.97. The minimum absolute atomic E-state index is 0.0155. The maximum atomic E-state index is 12.4. The summed E-state index contributed by atoms with van der Waals surface area (Å²) in [7, 11) is 6.46. The Morgan fingerprint density at radius 2 is 1.65 bits per heavy atom. The van der Waals surface area contributed by atoms with E-state index in [4.69, 9.17) is 25.8 Å². The van der Waals surface area contributed by atoms with Gasteiger partial charge in [-0.25, -0.2) is 0 Å². The molecule has 0 radical (unpaired) electrons. The molecule has 0 fully saturated rings. The number of hydrogen-bond donors (Lipinski definition) is 0. The van der Waals surface area contributed by atoms with E-state index in [0.29, 0.717) is 34.6 Å². The summed E-state index contributed by atoms with van der Waals surface area (Å²) in [5.41, 5.74) is 0.845. The maximum Gasteiger partial charge on any atom is 0.232 e. The first-order valence-electron chi connectivity index (χ1n) is 7.90. The number of benzene rings is 2. The number of amides is 1. The number of ether oxygens (including phenoxy) is 3. The highest BCUT2D eigenvalue weighted by Crippen LogP contribution is 2.40. The van der Waals surface area contributed by atoms with E-state index < -0.39 is 0 Å². The van der Waals surface area contributed by atoms with Gasteiger partial charge in [0.15, 0.2) is 11.5 Å².